The summed E-state index contributed by atoms with van der Waals surface area (Å²) in [7, 11) is 0. The van der Waals surface area contributed by atoms with E-state index in [0.29, 0.717) is 5.95 Å². The summed E-state index contributed by atoms with van der Waals surface area (Å²) in [5, 5.41) is 11.7. The van der Waals surface area contributed by atoms with Gasteiger partial charge in [0.1, 0.15) is 0 Å². The molecule has 0 spiro atoms. The highest BCUT2D eigenvalue weighted by Gasteiger charge is 2.04. The van der Waals surface area contributed by atoms with Gasteiger partial charge in [-0.15, -0.1) is 0 Å². The molecule has 0 saturated heterocycles. The van der Waals surface area contributed by atoms with Crippen molar-refractivity contribution in [2.24, 2.45) is 0 Å². The van der Waals surface area contributed by atoms with Crippen molar-refractivity contribution in [3.8, 4) is 0 Å². The molecule has 1 heterocycles. The number of allylic oxidation sites excluding steroid dienone is 1. The summed E-state index contributed by atoms with van der Waals surface area (Å²) in [6.45, 7) is 1.42. The number of aromatic nitrogens is 2. The second-order valence-corrected chi connectivity index (χ2v) is 2.34. The van der Waals surface area contributed by atoms with Crippen molar-refractivity contribution in [3.63, 3.8) is 0 Å². The van der Waals surface area contributed by atoms with Crippen LogP contribution in [0.4, 0.5) is 5.95 Å². The van der Waals surface area contributed by atoms with E-state index in [4.69, 9.17) is 0 Å². The number of hydrogen-bond acceptors (Lipinski definition) is 4. The summed E-state index contributed by atoms with van der Waals surface area (Å²) in [6.07, 6.45) is 4.53. The molecule has 0 amide bonds. The third-order valence-electron chi connectivity index (χ3n) is 1.35. The van der Waals surface area contributed by atoms with E-state index in [1.807, 2.05) is 0 Å². The highest BCUT2D eigenvalue weighted by atomic mass is 16.6. The topological polar surface area (TPSA) is 85.5 Å². The van der Waals surface area contributed by atoms with E-state index < -0.39 is 4.92 Å². The fourth-order valence-electron chi connectivity index (χ4n) is 0.653. The average molecular weight is 181 g/mol. The van der Waals surface area contributed by atoms with Crippen molar-refractivity contribution in [1.29, 1.82) is 0 Å². The second-order valence-electron chi connectivity index (χ2n) is 2.34. The lowest BCUT2D eigenvalue weighted by molar-refractivity contribution is -0.522. The minimum atomic E-state index is -0.459. The molecule has 0 atom stereocenters. The fraction of sp³-hybridized carbons (Fsp3) is 0.143. The summed E-state index contributed by atoms with van der Waals surface area (Å²) < 4.78 is 0. The molecule has 0 unspecified atom stereocenters. The van der Waals surface area contributed by atoms with Crippen LogP contribution in [0, 0.1) is 10.1 Å². The first kappa shape index (κ1) is 9.27. The van der Waals surface area contributed by atoms with Crippen LogP contribution in [0.2, 0.25) is 0 Å². The van der Waals surface area contributed by atoms with E-state index in [9.17, 15) is 10.1 Å². The van der Waals surface area contributed by atoms with Gasteiger partial charge in [-0.25, -0.2) is 5.32 Å². The van der Waals surface area contributed by atoms with Crippen LogP contribution in [0.25, 0.3) is 0 Å². The van der Waals surface area contributed by atoms with Gasteiger partial charge in [-0.05, 0) is 6.07 Å². The van der Waals surface area contributed by atoms with Crippen LogP contribution < -0.4 is 5.32 Å². The Balaban J connectivity index is 2.62. The van der Waals surface area contributed by atoms with Gasteiger partial charge >= 0.3 is 5.95 Å². The van der Waals surface area contributed by atoms with Gasteiger partial charge in [0, 0.05) is 19.3 Å². The van der Waals surface area contributed by atoms with Crippen LogP contribution in [0.15, 0.2) is 30.4 Å². The summed E-state index contributed by atoms with van der Waals surface area (Å²) in [5.74, 6) is 0.462. The first-order chi connectivity index (χ1) is 6.20. The maximum atomic E-state index is 10.2. The summed E-state index contributed by atoms with van der Waals surface area (Å²) in [6, 6.07) is 1.68. The Morgan fingerprint density at radius 2 is 2.23 bits per heavy atom. The molecule has 68 valence electrons. The Bertz CT molecular complexity index is 323. The Hall–Kier alpha value is -1.82. The van der Waals surface area contributed by atoms with Crippen molar-refractivity contribution in [1.82, 2.24) is 9.97 Å². The van der Waals surface area contributed by atoms with Crippen LogP contribution in [-0.2, 0) is 0 Å². The zero-order valence-electron chi connectivity index (χ0n) is 7.04. The minimum absolute atomic E-state index is 0.0625. The van der Waals surface area contributed by atoms with Crippen LogP contribution in [-0.4, -0.2) is 14.9 Å². The van der Waals surface area contributed by atoms with Crippen LogP contribution in [0.1, 0.15) is 6.92 Å². The third kappa shape index (κ3) is 2.96. The minimum Gasteiger partial charge on any atom is -0.258 e. The maximum absolute atomic E-state index is 10.2. The molecule has 1 aromatic heterocycles. The van der Waals surface area contributed by atoms with Gasteiger partial charge in [0.25, 0.3) is 5.70 Å². The molecule has 6 heteroatoms. The van der Waals surface area contributed by atoms with Gasteiger partial charge in [0.05, 0.1) is 4.92 Å². The summed E-state index contributed by atoms with van der Waals surface area (Å²) in [5.41, 5.74) is 0.0625. The fourth-order valence-corrected chi connectivity index (χ4v) is 0.653. The molecule has 6 nitrogen and oxygen atoms in total. The molecule has 1 aromatic rings. The van der Waals surface area contributed by atoms with Gasteiger partial charge in [-0.3, -0.25) is 10.1 Å². The van der Waals surface area contributed by atoms with Crippen molar-refractivity contribution >= 4 is 5.95 Å². The van der Waals surface area contributed by atoms with E-state index >= 15 is 0 Å². The molecule has 0 aliphatic heterocycles. The molecule has 0 aromatic carbocycles. The molecular formula is C7H9N4O2+. The quantitative estimate of drug-likeness (QED) is 0.517. The van der Waals surface area contributed by atoms with Crippen molar-refractivity contribution in [3.05, 3.63) is 40.5 Å². The van der Waals surface area contributed by atoms with Crippen molar-refractivity contribution < 1.29 is 10.2 Å². The first-order valence-corrected chi connectivity index (χ1v) is 3.63. The third-order valence-corrected chi connectivity index (χ3v) is 1.35. The lowest BCUT2D eigenvalue weighted by atomic mass is 10.5. The second kappa shape index (κ2) is 4.27. The molecule has 2 N–H and O–H groups in total. The predicted octanol–water partition coefficient (Wildman–Crippen LogP) is -0.190. The zero-order valence-corrected chi connectivity index (χ0v) is 7.04. The summed E-state index contributed by atoms with van der Waals surface area (Å²) >= 11 is 0. The van der Waals surface area contributed by atoms with E-state index in [-0.39, 0.29) is 5.70 Å². The monoisotopic (exact) mass is 181 g/mol. The molecule has 0 bridgehead atoms. The number of nitro groups is 1. The van der Waals surface area contributed by atoms with E-state index in [0.717, 1.165) is 0 Å². The molecule has 0 aliphatic rings. The van der Waals surface area contributed by atoms with Crippen LogP contribution >= 0.6 is 0 Å². The molecule has 0 aliphatic carbocycles. The Labute approximate surface area is 74.5 Å². The normalized spacial score (nSPS) is 11.3. The van der Waals surface area contributed by atoms with E-state index in [1.54, 1.807) is 18.5 Å². The first-order valence-electron chi connectivity index (χ1n) is 3.63. The van der Waals surface area contributed by atoms with Gasteiger partial charge in [-0.1, -0.05) is 0 Å². The van der Waals surface area contributed by atoms with Gasteiger partial charge in [-0.2, -0.15) is 9.97 Å². The summed E-state index contributed by atoms with van der Waals surface area (Å²) in [4.78, 5) is 17.5. The lowest BCUT2D eigenvalue weighted by Gasteiger charge is -1.90. The van der Waals surface area contributed by atoms with Gasteiger partial charge in [0.15, 0.2) is 6.20 Å². The van der Waals surface area contributed by atoms with Crippen LogP contribution in [0.3, 0.4) is 0 Å². The largest absolute Gasteiger partial charge is 0.330 e. The number of hydrogen-bond donors (Lipinski definition) is 1. The van der Waals surface area contributed by atoms with E-state index in [1.165, 1.54) is 18.4 Å². The Morgan fingerprint density at radius 1 is 1.62 bits per heavy atom. The van der Waals surface area contributed by atoms with Crippen molar-refractivity contribution in [2.75, 3.05) is 0 Å². The molecule has 0 saturated carbocycles. The number of rotatable bonds is 3. The highest BCUT2D eigenvalue weighted by molar-refractivity contribution is 5.00. The predicted molar refractivity (Wildman–Crippen MR) is 44.4 cm³/mol. The molecule has 0 radical (unpaired) electrons. The molecular weight excluding hydrogens is 172 g/mol. The average Bonchev–Trinajstić information content (AvgIpc) is 2.15. The maximum Gasteiger partial charge on any atom is 0.330 e. The Morgan fingerprint density at radius 3 is 2.77 bits per heavy atom. The molecule has 13 heavy (non-hydrogen) atoms. The number of nitrogens with two attached hydrogens (primary N) is 1. The standard InChI is InChI=1S/C7H8N4O2/c1-6(11(12)13)5-10-7-8-3-2-4-9-7/h2-5H,1H3,(H,8,9,10)/p+1/b6-5+. The highest BCUT2D eigenvalue weighted by Crippen LogP contribution is 1.88. The zero-order chi connectivity index (χ0) is 9.68. The molecule has 0 fully saturated rings. The smallest absolute Gasteiger partial charge is 0.258 e. The van der Waals surface area contributed by atoms with E-state index in [2.05, 4.69) is 9.97 Å². The van der Waals surface area contributed by atoms with Crippen LogP contribution in [0.5, 0.6) is 0 Å². The number of quaternary nitrogens is 1. The SMILES string of the molecule is C/C(=C\[NH2+]c1ncccn1)[N+](=O)[O-]. The van der Waals surface area contributed by atoms with Crippen molar-refractivity contribution in [2.45, 2.75) is 6.92 Å². The number of nitrogens with zero attached hydrogens (tertiary/aromatic N) is 3. The molecule has 1 rings (SSSR count). The lowest BCUT2D eigenvalue weighted by Crippen LogP contribution is -2.72. The van der Waals surface area contributed by atoms with Gasteiger partial charge in [0.2, 0.25) is 0 Å². The Kier molecular flexibility index (Phi) is 3.04. The van der Waals surface area contributed by atoms with Gasteiger partial charge < -0.3 is 0 Å².